The first-order valence-electron chi connectivity index (χ1n) is 11.1. The molecule has 0 aliphatic carbocycles. The molecule has 1 saturated heterocycles. The van der Waals surface area contributed by atoms with Crippen LogP contribution in [0.15, 0.2) is 46.5 Å². The molecule has 1 aliphatic heterocycles. The van der Waals surface area contributed by atoms with Gasteiger partial charge in [0.2, 0.25) is 5.91 Å². The van der Waals surface area contributed by atoms with E-state index in [9.17, 15) is 9.59 Å². The molecule has 1 aliphatic rings. The number of hydrogen-bond acceptors (Lipinski definition) is 4. The fourth-order valence-corrected chi connectivity index (χ4v) is 4.91. The van der Waals surface area contributed by atoms with Crippen molar-refractivity contribution in [1.29, 1.82) is 0 Å². The number of carbonyl (C=O) groups is 2. The van der Waals surface area contributed by atoms with Gasteiger partial charge in [-0.05, 0) is 56.9 Å². The molecule has 1 fully saturated rings. The summed E-state index contributed by atoms with van der Waals surface area (Å²) in [4.78, 5) is 35.3. The second kappa shape index (κ2) is 10.8. The fraction of sp³-hybridized carbons (Fsp3) is 0.480. The predicted octanol–water partition coefficient (Wildman–Crippen LogP) is 4.96. The Labute approximate surface area is 190 Å². The number of carbonyl (C=O) groups excluding carboxylic acids is 2. The second-order valence-corrected chi connectivity index (χ2v) is 9.44. The van der Waals surface area contributed by atoms with Crippen molar-refractivity contribution in [3.8, 4) is 0 Å². The SMILES string of the molecule is CCCCN(C)C(=O)C1CCN(C(=O)c2cccnc2Sc2ccc(C)cc2C)CC1. The predicted molar refractivity (Wildman–Crippen MR) is 125 cm³/mol. The maximum absolute atomic E-state index is 13.3. The van der Waals surface area contributed by atoms with Crippen molar-refractivity contribution >= 4 is 23.6 Å². The molecule has 1 aromatic heterocycles. The lowest BCUT2D eigenvalue weighted by Gasteiger charge is -2.33. The van der Waals surface area contributed by atoms with Gasteiger partial charge in [0, 0.05) is 43.7 Å². The number of rotatable bonds is 7. The van der Waals surface area contributed by atoms with Crippen LogP contribution in [-0.4, -0.2) is 53.3 Å². The van der Waals surface area contributed by atoms with E-state index in [1.54, 1.807) is 6.20 Å². The number of aryl methyl sites for hydroxylation is 2. The molecule has 6 heteroatoms. The minimum atomic E-state index is 0.00519. The van der Waals surface area contributed by atoms with E-state index >= 15 is 0 Å². The molecule has 2 amide bonds. The molecule has 31 heavy (non-hydrogen) atoms. The van der Waals surface area contributed by atoms with E-state index in [2.05, 4.69) is 44.0 Å². The van der Waals surface area contributed by atoms with Crippen molar-refractivity contribution < 1.29 is 9.59 Å². The molecule has 166 valence electrons. The van der Waals surface area contributed by atoms with Crippen LogP contribution in [0.25, 0.3) is 0 Å². The quantitative estimate of drug-likeness (QED) is 0.612. The lowest BCUT2D eigenvalue weighted by molar-refractivity contribution is -0.135. The fourth-order valence-electron chi connectivity index (χ4n) is 3.97. The van der Waals surface area contributed by atoms with Crippen molar-refractivity contribution in [1.82, 2.24) is 14.8 Å². The van der Waals surface area contributed by atoms with Crippen molar-refractivity contribution in [2.45, 2.75) is 56.4 Å². The van der Waals surface area contributed by atoms with Gasteiger partial charge in [-0.15, -0.1) is 0 Å². The van der Waals surface area contributed by atoms with Crippen LogP contribution >= 0.6 is 11.8 Å². The minimum Gasteiger partial charge on any atom is -0.346 e. The second-order valence-electron chi connectivity index (χ2n) is 8.41. The van der Waals surface area contributed by atoms with Crippen LogP contribution in [0.1, 0.15) is 54.1 Å². The third kappa shape index (κ3) is 5.88. The number of benzene rings is 1. The van der Waals surface area contributed by atoms with Crippen LogP contribution in [0.3, 0.4) is 0 Å². The van der Waals surface area contributed by atoms with Crippen LogP contribution in [0.5, 0.6) is 0 Å². The Morgan fingerprint density at radius 1 is 1.19 bits per heavy atom. The van der Waals surface area contributed by atoms with Gasteiger partial charge in [0.25, 0.3) is 5.91 Å². The first-order valence-corrected chi connectivity index (χ1v) is 12.0. The van der Waals surface area contributed by atoms with Gasteiger partial charge in [-0.3, -0.25) is 9.59 Å². The first kappa shape index (κ1) is 23.3. The van der Waals surface area contributed by atoms with Gasteiger partial charge in [0.15, 0.2) is 0 Å². The number of aromatic nitrogens is 1. The molecule has 0 spiro atoms. The zero-order valence-corrected chi connectivity index (χ0v) is 19.9. The number of pyridine rings is 1. The van der Waals surface area contributed by atoms with Crippen molar-refractivity contribution in [3.63, 3.8) is 0 Å². The van der Waals surface area contributed by atoms with Gasteiger partial charge >= 0.3 is 0 Å². The summed E-state index contributed by atoms with van der Waals surface area (Å²) >= 11 is 1.54. The summed E-state index contributed by atoms with van der Waals surface area (Å²) in [6.07, 6.45) is 5.29. The van der Waals surface area contributed by atoms with E-state index in [0.29, 0.717) is 18.7 Å². The molecule has 1 aromatic carbocycles. The summed E-state index contributed by atoms with van der Waals surface area (Å²) in [5.74, 6) is 0.238. The van der Waals surface area contributed by atoms with Crippen molar-refractivity contribution in [2.24, 2.45) is 5.92 Å². The molecule has 2 heterocycles. The molecule has 0 radical (unpaired) electrons. The van der Waals surface area contributed by atoms with Crippen LogP contribution in [0.2, 0.25) is 0 Å². The highest BCUT2D eigenvalue weighted by Crippen LogP contribution is 2.32. The van der Waals surface area contributed by atoms with Gasteiger partial charge in [0.1, 0.15) is 5.03 Å². The summed E-state index contributed by atoms with van der Waals surface area (Å²) in [6, 6.07) is 9.99. The first-order chi connectivity index (χ1) is 14.9. The van der Waals surface area contributed by atoms with Gasteiger partial charge in [-0.25, -0.2) is 4.98 Å². The maximum atomic E-state index is 13.3. The summed E-state index contributed by atoms with van der Waals surface area (Å²) in [7, 11) is 1.89. The number of nitrogens with zero attached hydrogens (tertiary/aromatic N) is 3. The van der Waals surface area contributed by atoms with Crippen LogP contribution < -0.4 is 0 Å². The Kier molecular flexibility index (Phi) is 8.13. The molecule has 5 nitrogen and oxygen atoms in total. The van der Waals surface area contributed by atoms with Crippen LogP contribution in [-0.2, 0) is 4.79 Å². The monoisotopic (exact) mass is 439 g/mol. The Morgan fingerprint density at radius 3 is 2.61 bits per heavy atom. The van der Waals surface area contributed by atoms with Crippen molar-refractivity contribution in [3.05, 3.63) is 53.2 Å². The third-order valence-electron chi connectivity index (χ3n) is 5.89. The summed E-state index contributed by atoms with van der Waals surface area (Å²) in [5.41, 5.74) is 3.04. The zero-order chi connectivity index (χ0) is 22.4. The van der Waals surface area contributed by atoms with E-state index in [-0.39, 0.29) is 17.7 Å². The molecule has 0 unspecified atom stereocenters. The zero-order valence-electron chi connectivity index (χ0n) is 19.1. The van der Waals surface area contributed by atoms with Gasteiger partial charge < -0.3 is 9.80 Å². The van der Waals surface area contributed by atoms with Crippen molar-refractivity contribution in [2.75, 3.05) is 26.7 Å². The van der Waals surface area contributed by atoms with Crippen LogP contribution in [0.4, 0.5) is 0 Å². The molecule has 2 aromatic rings. The largest absolute Gasteiger partial charge is 0.346 e. The maximum Gasteiger partial charge on any atom is 0.256 e. The molecule has 0 N–H and O–H groups in total. The summed E-state index contributed by atoms with van der Waals surface area (Å²) in [6.45, 7) is 8.32. The highest BCUT2D eigenvalue weighted by Gasteiger charge is 2.30. The topological polar surface area (TPSA) is 53.5 Å². The van der Waals surface area contributed by atoms with E-state index in [1.807, 2.05) is 29.0 Å². The molecule has 0 saturated carbocycles. The average molecular weight is 440 g/mol. The number of hydrogen-bond donors (Lipinski definition) is 0. The lowest BCUT2D eigenvalue weighted by Crippen LogP contribution is -2.43. The number of likely N-dealkylation sites (tertiary alicyclic amines) is 1. The molecule has 0 atom stereocenters. The highest BCUT2D eigenvalue weighted by atomic mass is 32.2. The number of piperidine rings is 1. The Bertz CT molecular complexity index is 923. The third-order valence-corrected chi connectivity index (χ3v) is 7.09. The van der Waals surface area contributed by atoms with Crippen LogP contribution in [0, 0.1) is 19.8 Å². The lowest BCUT2D eigenvalue weighted by atomic mass is 9.95. The Morgan fingerprint density at radius 2 is 1.94 bits per heavy atom. The minimum absolute atomic E-state index is 0.00519. The van der Waals surface area contributed by atoms with Gasteiger partial charge in [-0.2, -0.15) is 0 Å². The molecule has 0 bridgehead atoms. The van der Waals surface area contributed by atoms with E-state index in [1.165, 1.54) is 22.9 Å². The molecular formula is C25H33N3O2S. The molecule has 3 rings (SSSR count). The Balaban J connectivity index is 1.66. The summed E-state index contributed by atoms with van der Waals surface area (Å²) < 4.78 is 0. The highest BCUT2D eigenvalue weighted by molar-refractivity contribution is 7.99. The average Bonchev–Trinajstić information content (AvgIpc) is 2.78. The normalized spacial score (nSPS) is 14.5. The smallest absolute Gasteiger partial charge is 0.256 e. The van der Waals surface area contributed by atoms with E-state index < -0.39 is 0 Å². The Hall–Kier alpha value is -2.34. The molecular weight excluding hydrogens is 406 g/mol. The van der Waals surface area contributed by atoms with Gasteiger partial charge in [-0.1, -0.05) is 42.8 Å². The van der Waals surface area contributed by atoms with Gasteiger partial charge in [0.05, 0.1) is 5.56 Å². The summed E-state index contributed by atoms with van der Waals surface area (Å²) in [5, 5.41) is 0.733. The number of amides is 2. The van der Waals surface area contributed by atoms with E-state index in [0.717, 1.165) is 42.1 Å². The number of unbranched alkanes of at least 4 members (excludes halogenated alkanes) is 1. The standard InChI is InChI=1S/C25H33N3O2S/c1-5-6-14-27(4)24(29)20-11-15-28(16-12-20)25(30)21-8-7-13-26-23(21)31-22-10-9-18(2)17-19(22)3/h7-10,13,17,20H,5-6,11-12,14-16H2,1-4H3. The van der Waals surface area contributed by atoms with E-state index in [4.69, 9.17) is 0 Å².